The summed E-state index contributed by atoms with van der Waals surface area (Å²) in [6.45, 7) is 3.99. The van der Waals surface area contributed by atoms with E-state index in [0.29, 0.717) is 23.2 Å². The van der Waals surface area contributed by atoms with Crippen LogP contribution in [0.3, 0.4) is 0 Å². The molecule has 27 heavy (non-hydrogen) atoms. The number of ether oxygens (including phenoxy) is 1. The number of hydrogen-bond acceptors (Lipinski definition) is 2. The van der Waals surface area contributed by atoms with Crippen molar-refractivity contribution in [2.45, 2.75) is 26.6 Å². The molecule has 140 valence electrons. The number of halogens is 3. The molecule has 0 bridgehead atoms. The maximum Gasteiger partial charge on any atom is 0.124 e. The summed E-state index contributed by atoms with van der Waals surface area (Å²) in [6, 6.07) is 20.0. The Labute approximate surface area is 178 Å². The molecule has 0 spiro atoms. The lowest BCUT2D eigenvalue weighted by molar-refractivity contribution is 0.302. The first kappa shape index (κ1) is 20.2. The van der Waals surface area contributed by atoms with E-state index >= 15 is 0 Å². The SMILES string of the molecule is Cc1ccc(CNCc2cc(Br)ccc2OCc2ccc(Cl)cc2Cl)cc1. The molecule has 0 radical (unpaired) electrons. The van der Waals surface area contributed by atoms with Crippen LogP contribution in [0.15, 0.2) is 65.1 Å². The van der Waals surface area contributed by atoms with Crippen molar-refractivity contribution in [1.82, 2.24) is 5.32 Å². The lowest BCUT2D eigenvalue weighted by Gasteiger charge is -2.14. The number of aryl methyl sites for hydroxylation is 1. The lowest BCUT2D eigenvalue weighted by atomic mass is 10.1. The Morgan fingerprint density at radius 2 is 1.67 bits per heavy atom. The molecule has 0 heterocycles. The molecule has 0 fully saturated rings. The molecule has 2 nitrogen and oxygen atoms in total. The molecule has 0 saturated carbocycles. The quantitative estimate of drug-likeness (QED) is 0.409. The predicted molar refractivity (Wildman–Crippen MR) is 117 cm³/mol. The van der Waals surface area contributed by atoms with Crippen LogP contribution in [-0.2, 0) is 19.7 Å². The van der Waals surface area contributed by atoms with Crippen molar-refractivity contribution in [3.8, 4) is 5.75 Å². The van der Waals surface area contributed by atoms with Crippen LogP contribution in [0, 0.1) is 6.92 Å². The Balaban J connectivity index is 1.64. The van der Waals surface area contributed by atoms with Crippen molar-refractivity contribution in [2.75, 3.05) is 0 Å². The molecule has 3 aromatic carbocycles. The van der Waals surface area contributed by atoms with Crippen LogP contribution in [-0.4, -0.2) is 0 Å². The fourth-order valence-electron chi connectivity index (χ4n) is 2.67. The highest BCUT2D eigenvalue weighted by molar-refractivity contribution is 9.10. The van der Waals surface area contributed by atoms with Gasteiger partial charge in [-0.1, -0.05) is 75.0 Å². The normalized spacial score (nSPS) is 10.8. The third kappa shape index (κ3) is 5.98. The van der Waals surface area contributed by atoms with Crippen LogP contribution in [0.5, 0.6) is 5.75 Å². The first-order chi connectivity index (χ1) is 13.0. The molecule has 0 atom stereocenters. The largest absolute Gasteiger partial charge is 0.489 e. The minimum absolute atomic E-state index is 0.391. The van der Waals surface area contributed by atoms with Gasteiger partial charge in [0.25, 0.3) is 0 Å². The fourth-order valence-corrected chi connectivity index (χ4v) is 3.54. The molecule has 3 rings (SSSR count). The van der Waals surface area contributed by atoms with Gasteiger partial charge in [-0.3, -0.25) is 0 Å². The molecule has 0 unspecified atom stereocenters. The van der Waals surface area contributed by atoms with Gasteiger partial charge in [0, 0.05) is 38.7 Å². The monoisotopic (exact) mass is 463 g/mol. The van der Waals surface area contributed by atoms with Crippen molar-refractivity contribution in [1.29, 1.82) is 0 Å². The van der Waals surface area contributed by atoms with Gasteiger partial charge in [-0.15, -0.1) is 0 Å². The molecule has 0 aliphatic rings. The standard InChI is InChI=1S/C22H20BrCl2NO/c1-15-2-4-16(5-3-15)12-26-13-18-10-19(23)7-9-22(18)27-14-17-6-8-20(24)11-21(17)25/h2-11,26H,12-14H2,1H3. The average molecular weight is 465 g/mol. The molecule has 0 amide bonds. The minimum atomic E-state index is 0.391. The number of nitrogens with one attached hydrogen (secondary N) is 1. The van der Waals surface area contributed by atoms with Crippen LogP contribution in [0.25, 0.3) is 0 Å². The predicted octanol–water partition coefficient (Wildman–Crippen LogP) is 6.93. The van der Waals surface area contributed by atoms with Crippen LogP contribution in [0.4, 0.5) is 0 Å². The Bertz CT molecular complexity index is 913. The maximum absolute atomic E-state index is 6.24. The molecule has 0 aliphatic carbocycles. The van der Waals surface area contributed by atoms with E-state index in [2.05, 4.69) is 58.5 Å². The van der Waals surface area contributed by atoms with E-state index in [9.17, 15) is 0 Å². The number of hydrogen-bond donors (Lipinski definition) is 1. The Kier molecular flexibility index (Phi) is 7.20. The summed E-state index contributed by atoms with van der Waals surface area (Å²) in [7, 11) is 0. The zero-order valence-electron chi connectivity index (χ0n) is 14.9. The van der Waals surface area contributed by atoms with E-state index in [-0.39, 0.29) is 0 Å². The molecule has 0 aromatic heterocycles. The zero-order valence-corrected chi connectivity index (χ0v) is 18.0. The minimum Gasteiger partial charge on any atom is -0.489 e. The highest BCUT2D eigenvalue weighted by Crippen LogP contribution is 2.26. The Morgan fingerprint density at radius 3 is 2.41 bits per heavy atom. The van der Waals surface area contributed by atoms with E-state index in [1.165, 1.54) is 11.1 Å². The third-order valence-corrected chi connectivity index (χ3v) is 5.27. The number of benzene rings is 3. The van der Waals surface area contributed by atoms with E-state index in [4.69, 9.17) is 27.9 Å². The summed E-state index contributed by atoms with van der Waals surface area (Å²) in [6.07, 6.45) is 0. The summed E-state index contributed by atoms with van der Waals surface area (Å²) >= 11 is 15.7. The van der Waals surface area contributed by atoms with Gasteiger partial charge in [0.05, 0.1) is 0 Å². The average Bonchev–Trinajstić information content (AvgIpc) is 2.64. The molecule has 1 N–H and O–H groups in total. The van der Waals surface area contributed by atoms with Crippen molar-refractivity contribution in [3.63, 3.8) is 0 Å². The summed E-state index contributed by atoms with van der Waals surface area (Å²) in [5, 5.41) is 4.71. The highest BCUT2D eigenvalue weighted by atomic mass is 79.9. The third-order valence-electron chi connectivity index (χ3n) is 4.19. The second kappa shape index (κ2) is 9.61. The second-order valence-electron chi connectivity index (χ2n) is 6.37. The van der Waals surface area contributed by atoms with Gasteiger partial charge in [0.2, 0.25) is 0 Å². The number of rotatable bonds is 7. The van der Waals surface area contributed by atoms with Gasteiger partial charge >= 0.3 is 0 Å². The first-order valence-corrected chi connectivity index (χ1v) is 10.2. The van der Waals surface area contributed by atoms with E-state index in [1.807, 2.05) is 24.3 Å². The van der Waals surface area contributed by atoms with Gasteiger partial charge in [-0.2, -0.15) is 0 Å². The van der Waals surface area contributed by atoms with Crippen LogP contribution in [0.2, 0.25) is 10.0 Å². The topological polar surface area (TPSA) is 21.3 Å². The second-order valence-corrected chi connectivity index (χ2v) is 8.12. The highest BCUT2D eigenvalue weighted by Gasteiger charge is 2.08. The smallest absolute Gasteiger partial charge is 0.124 e. The van der Waals surface area contributed by atoms with Gasteiger partial charge < -0.3 is 10.1 Å². The van der Waals surface area contributed by atoms with E-state index in [1.54, 1.807) is 6.07 Å². The molecule has 0 saturated heterocycles. The van der Waals surface area contributed by atoms with Crippen molar-refractivity contribution in [2.24, 2.45) is 0 Å². The summed E-state index contributed by atoms with van der Waals surface area (Å²) in [5.74, 6) is 0.834. The van der Waals surface area contributed by atoms with Gasteiger partial charge in [-0.05, 0) is 42.8 Å². The molecule has 5 heteroatoms. The molecule has 0 aliphatic heterocycles. The summed E-state index contributed by atoms with van der Waals surface area (Å²) in [5.41, 5.74) is 4.51. The fraction of sp³-hybridized carbons (Fsp3) is 0.182. The van der Waals surface area contributed by atoms with Gasteiger partial charge in [0.15, 0.2) is 0 Å². The maximum atomic E-state index is 6.24. The van der Waals surface area contributed by atoms with Crippen LogP contribution >= 0.6 is 39.1 Å². The van der Waals surface area contributed by atoms with Gasteiger partial charge in [-0.25, -0.2) is 0 Å². The van der Waals surface area contributed by atoms with Crippen molar-refractivity contribution < 1.29 is 4.74 Å². The van der Waals surface area contributed by atoms with E-state index < -0.39 is 0 Å². The first-order valence-electron chi connectivity index (χ1n) is 8.62. The van der Waals surface area contributed by atoms with Crippen molar-refractivity contribution >= 4 is 39.1 Å². The molecule has 3 aromatic rings. The Hall–Kier alpha value is -1.52. The van der Waals surface area contributed by atoms with Crippen LogP contribution < -0.4 is 10.1 Å². The molecular weight excluding hydrogens is 445 g/mol. The van der Waals surface area contributed by atoms with E-state index in [0.717, 1.165) is 27.9 Å². The zero-order chi connectivity index (χ0) is 19.2. The molecular formula is C22H20BrCl2NO. The van der Waals surface area contributed by atoms with Gasteiger partial charge in [0.1, 0.15) is 12.4 Å². The Morgan fingerprint density at radius 1 is 0.889 bits per heavy atom. The summed E-state index contributed by atoms with van der Waals surface area (Å²) < 4.78 is 7.05. The van der Waals surface area contributed by atoms with Crippen LogP contribution in [0.1, 0.15) is 22.3 Å². The lowest BCUT2D eigenvalue weighted by Crippen LogP contribution is -2.13. The summed E-state index contributed by atoms with van der Waals surface area (Å²) in [4.78, 5) is 0. The van der Waals surface area contributed by atoms with Crippen molar-refractivity contribution in [3.05, 3.63) is 97.4 Å².